The van der Waals surface area contributed by atoms with Crippen LogP contribution in [-0.2, 0) is 9.59 Å². The van der Waals surface area contributed by atoms with Gasteiger partial charge in [0.25, 0.3) is 0 Å². The first-order chi connectivity index (χ1) is 11.5. The van der Waals surface area contributed by atoms with Gasteiger partial charge in [0, 0.05) is 44.7 Å². The molecule has 0 aromatic rings. The Hall–Kier alpha value is -0.560. The summed E-state index contributed by atoms with van der Waals surface area (Å²) in [5.41, 5.74) is 0. The summed E-state index contributed by atoms with van der Waals surface area (Å²) in [5.74, 6) is 1.08. The second-order valence-electron chi connectivity index (χ2n) is 7.60. The average Bonchev–Trinajstić information content (AvgIpc) is 2.55. The molecule has 2 fully saturated rings. The number of amides is 2. The third kappa shape index (κ3) is 7.99. The van der Waals surface area contributed by atoms with Crippen molar-refractivity contribution in [1.82, 2.24) is 20.4 Å². The van der Waals surface area contributed by atoms with Crippen LogP contribution in [0.4, 0.5) is 0 Å². The van der Waals surface area contributed by atoms with E-state index >= 15 is 0 Å². The van der Waals surface area contributed by atoms with Crippen molar-refractivity contribution < 1.29 is 9.59 Å². The van der Waals surface area contributed by atoms with Crippen LogP contribution in [0.3, 0.4) is 0 Å². The summed E-state index contributed by atoms with van der Waals surface area (Å²) in [4.78, 5) is 28.6. The average molecular weight is 411 g/mol. The van der Waals surface area contributed by atoms with Gasteiger partial charge in [-0.25, -0.2) is 0 Å². The minimum Gasteiger partial charge on any atom is -0.352 e. The summed E-state index contributed by atoms with van der Waals surface area (Å²) >= 11 is 0. The van der Waals surface area contributed by atoms with Gasteiger partial charge in [-0.1, -0.05) is 26.7 Å². The van der Waals surface area contributed by atoms with Gasteiger partial charge in [0.05, 0.1) is 6.54 Å². The van der Waals surface area contributed by atoms with Crippen LogP contribution in [0.2, 0.25) is 0 Å². The van der Waals surface area contributed by atoms with E-state index in [2.05, 4.69) is 22.5 Å². The second kappa shape index (κ2) is 12.8. The minimum absolute atomic E-state index is 0. The molecule has 0 spiro atoms. The third-order valence-electron chi connectivity index (χ3n) is 5.28. The molecule has 0 radical (unpaired) electrons. The second-order valence-corrected chi connectivity index (χ2v) is 7.60. The van der Waals surface area contributed by atoms with Gasteiger partial charge in [0.1, 0.15) is 0 Å². The van der Waals surface area contributed by atoms with Crippen molar-refractivity contribution in [2.45, 2.75) is 45.6 Å². The SMILES string of the molecule is CNCC(C)C(=O)N1CCN(CC(=O)NC2CCCC(C)C2)CC1.Cl.Cl. The molecule has 0 aromatic carbocycles. The number of carbonyl (C=O) groups excluding carboxylic acids is 2. The molecule has 2 amide bonds. The van der Waals surface area contributed by atoms with Crippen LogP contribution in [0.15, 0.2) is 0 Å². The lowest BCUT2D eigenvalue weighted by Gasteiger charge is -2.36. The van der Waals surface area contributed by atoms with Crippen LogP contribution in [0, 0.1) is 11.8 Å². The first-order valence-corrected chi connectivity index (χ1v) is 9.44. The largest absolute Gasteiger partial charge is 0.352 e. The zero-order chi connectivity index (χ0) is 17.5. The summed E-state index contributed by atoms with van der Waals surface area (Å²) in [7, 11) is 1.87. The van der Waals surface area contributed by atoms with Gasteiger partial charge in [-0.15, -0.1) is 24.8 Å². The fourth-order valence-electron chi connectivity index (χ4n) is 3.87. The van der Waals surface area contributed by atoms with E-state index in [1.807, 2.05) is 18.9 Å². The van der Waals surface area contributed by atoms with E-state index in [9.17, 15) is 9.59 Å². The quantitative estimate of drug-likeness (QED) is 0.696. The number of halogens is 2. The fraction of sp³-hybridized carbons (Fsp3) is 0.889. The van der Waals surface area contributed by atoms with Crippen molar-refractivity contribution >= 4 is 36.6 Å². The highest BCUT2D eigenvalue weighted by molar-refractivity contribution is 5.85. The molecule has 1 heterocycles. The predicted octanol–water partition coefficient (Wildman–Crippen LogP) is 1.52. The van der Waals surface area contributed by atoms with Crippen molar-refractivity contribution in [3.63, 3.8) is 0 Å². The Morgan fingerprint density at radius 3 is 2.35 bits per heavy atom. The molecule has 2 rings (SSSR count). The van der Waals surface area contributed by atoms with Crippen molar-refractivity contribution in [2.24, 2.45) is 11.8 Å². The molecule has 1 saturated carbocycles. The number of nitrogens with zero attached hydrogens (tertiary/aromatic N) is 2. The maximum absolute atomic E-state index is 12.3. The van der Waals surface area contributed by atoms with Gasteiger partial charge in [-0.2, -0.15) is 0 Å². The van der Waals surface area contributed by atoms with Gasteiger partial charge >= 0.3 is 0 Å². The normalized spacial score (nSPS) is 24.8. The Labute approximate surface area is 170 Å². The molecule has 2 aliphatic rings. The van der Waals surface area contributed by atoms with Gasteiger partial charge in [-0.05, 0) is 25.8 Å². The molecule has 1 aliphatic carbocycles. The molecule has 3 unspecified atom stereocenters. The van der Waals surface area contributed by atoms with E-state index in [-0.39, 0.29) is 42.5 Å². The zero-order valence-electron chi connectivity index (χ0n) is 16.3. The van der Waals surface area contributed by atoms with Crippen molar-refractivity contribution in [2.75, 3.05) is 46.3 Å². The Bertz CT molecular complexity index is 431. The number of carbonyl (C=O) groups is 2. The maximum atomic E-state index is 12.3. The molecule has 1 saturated heterocycles. The molecule has 6 nitrogen and oxygen atoms in total. The molecule has 1 aliphatic heterocycles. The molecular formula is C18H36Cl2N4O2. The zero-order valence-corrected chi connectivity index (χ0v) is 18.0. The minimum atomic E-state index is 0. The van der Waals surface area contributed by atoms with Crippen LogP contribution in [-0.4, -0.2) is 74.0 Å². The van der Waals surface area contributed by atoms with Gasteiger partial charge in [0.15, 0.2) is 0 Å². The predicted molar refractivity (Wildman–Crippen MR) is 110 cm³/mol. The monoisotopic (exact) mass is 410 g/mol. The summed E-state index contributed by atoms with van der Waals surface area (Å²) in [6.45, 7) is 8.41. The highest BCUT2D eigenvalue weighted by Gasteiger charge is 2.26. The first-order valence-electron chi connectivity index (χ1n) is 9.44. The summed E-state index contributed by atoms with van der Waals surface area (Å²) in [6.07, 6.45) is 4.73. The summed E-state index contributed by atoms with van der Waals surface area (Å²) in [5, 5.41) is 6.25. The number of hydrogen-bond acceptors (Lipinski definition) is 4. The maximum Gasteiger partial charge on any atom is 0.234 e. The topological polar surface area (TPSA) is 64.7 Å². The van der Waals surface area contributed by atoms with E-state index < -0.39 is 0 Å². The molecule has 8 heteroatoms. The van der Waals surface area contributed by atoms with Crippen molar-refractivity contribution in [3.8, 4) is 0 Å². The van der Waals surface area contributed by atoms with E-state index in [1.54, 1.807) is 0 Å². The number of rotatable bonds is 6. The van der Waals surface area contributed by atoms with Gasteiger partial charge in [0.2, 0.25) is 11.8 Å². The first kappa shape index (κ1) is 25.4. The molecule has 0 bridgehead atoms. The van der Waals surface area contributed by atoms with Crippen LogP contribution in [0.25, 0.3) is 0 Å². The Balaban J connectivity index is 0.00000312. The Morgan fingerprint density at radius 1 is 1.12 bits per heavy atom. The molecular weight excluding hydrogens is 375 g/mol. The standard InChI is InChI=1S/C18H34N4O2.2ClH/c1-14-5-4-6-16(11-14)20-17(23)13-21-7-9-22(10-8-21)18(24)15(2)12-19-3;;/h14-16,19H,4-13H2,1-3H3,(H,20,23);2*1H. The highest BCUT2D eigenvalue weighted by atomic mass is 35.5. The molecule has 0 aromatic heterocycles. The molecule has 2 N–H and O–H groups in total. The van der Waals surface area contributed by atoms with Crippen LogP contribution >= 0.6 is 24.8 Å². The number of piperazine rings is 1. The third-order valence-corrected chi connectivity index (χ3v) is 5.28. The van der Waals surface area contributed by atoms with E-state index in [4.69, 9.17) is 0 Å². The summed E-state index contributed by atoms with van der Waals surface area (Å²) in [6, 6.07) is 0.353. The van der Waals surface area contributed by atoms with E-state index in [0.717, 1.165) is 44.9 Å². The van der Waals surface area contributed by atoms with E-state index in [0.29, 0.717) is 19.1 Å². The highest BCUT2D eigenvalue weighted by Crippen LogP contribution is 2.23. The smallest absolute Gasteiger partial charge is 0.234 e. The van der Waals surface area contributed by atoms with E-state index in [1.165, 1.54) is 12.8 Å². The van der Waals surface area contributed by atoms with Crippen molar-refractivity contribution in [1.29, 1.82) is 0 Å². The molecule has 154 valence electrons. The van der Waals surface area contributed by atoms with Crippen molar-refractivity contribution in [3.05, 3.63) is 0 Å². The number of hydrogen-bond donors (Lipinski definition) is 2. The number of nitrogens with one attached hydrogen (secondary N) is 2. The van der Waals surface area contributed by atoms with Crippen LogP contribution in [0.5, 0.6) is 0 Å². The van der Waals surface area contributed by atoms with Gasteiger partial charge in [-0.3, -0.25) is 14.5 Å². The van der Waals surface area contributed by atoms with Gasteiger partial charge < -0.3 is 15.5 Å². The van der Waals surface area contributed by atoms with Crippen LogP contribution in [0.1, 0.15) is 39.5 Å². The lowest BCUT2D eigenvalue weighted by atomic mass is 9.87. The Kier molecular flexibility index (Phi) is 12.5. The Morgan fingerprint density at radius 2 is 1.77 bits per heavy atom. The summed E-state index contributed by atoms with van der Waals surface area (Å²) < 4.78 is 0. The lowest BCUT2D eigenvalue weighted by Crippen LogP contribution is -2.53. The fourth-order valence-corrected chi connectivity index (χ4v) is 3.87. The lowest BCUT2D eigenvalue weighted by molar-refractivity contribution is -0.136. The molecule has 26 heavy (non-hydrogen) atoms. The molecule has 3 atom stereocenters. The van der Waals surface area contributed by atoms with Crippen LogP contribution < -0.4 is 10.6 Å².